The van der Waals surface area contributed by atoms with Crippen LogP contribution >= 0.6 is 11.6 Å². The second-order valence-electron chi connectivity index (χ2n) is 2.56. The Morgan fingerprint density at radius 3 is 2.20 bits per heavy atom. The molecule has 0 radical (unpaired) electrons. The van der Waals surface area contributed by atoms with Gasteiger partial charge in [0.05, 0.1) is 11.3 Å². The summed E-state index contributed by atoms with van der Waals surface area (Å²) in [5.74, 6) is 0. The third-order valence-corrected chi connectivity index (χ3v) is 1.68. The molecule has 0 amide bonds. The highest BCUT2D eigenvalue weighted by Crippen LogP contribution is 2.30. The Bertz CT molecular complexity index is 414. The first-order chi connectivity index (χ1) is 6.93. The van der Waals surface area contributed by atoms with Crippen LogP contribution in [0.4, 0.5) is 18.9 Å². The third kappa shape index (κ3) is 3.26. The Labute approximate surface area is 88.6 Å². The first kappa shape index (κ1) is 11.5. The molecule has 0 unspecified atom stereocenters. The van der Waals surface area contributed by atoms with Crippen LogP contribution in [-0.4, -0.2) is 5.17 Å². The smallest absolute Gasteiger partial charge is 0.226 e. The lowest BCUT2D eigenvalue weighted by Gasteiger charge is -2.05. The number of nitrogens with zero attached hydrogens (tertiary/aromatic N) is 2. The van der Waals surface area contributed by atoms with Crippen molar-refractivity contribution in [2.75, 3.05) is 0 Å². The van der Waals surface area contributed by atoms with E-state index < -0.39 is 11.7 Å². The SMILES string of the molecule is N#C/C(Cl)=N/c1ccc(C(F)(F)F)cc1. The van der Waals surface area contributed by atoms with E-state index in [1.54, 1.807) is 6.07 Å². The number of aliphatic imine (C=N–C) groups is 1. The second kappa shape index (κ2) is 4.32. The second-order valence-corrected chi connectivity index (χ2v) is 2.92. The van der Waals surface area contributed by atoms with E-state index in [-0.39, 0.29) is 10.9 Å². The van der Waals surface area contributed by atoms with Crippen molar-refractivity contribution < 1.29 is 13.2 Å². The summed E-state index contributed by atoms with van der Waals surface area (Å²) in [4.78, 5) is 3.55. The largest absolute Gasteiger partial charge is 0.416 e. The lowest BCUT2D eigenvalue weighted by Crippen LogP contribution is -2.03. The van der Waals surface area contributed by atoms with Crippen molar-refractivity contribution in [3.8, 4) is 6.07 Å². The van der Waals surface area contributed by atoms with Crippen LogP contribution in [0.1, 0.15) is 5.56 Å². The van der Waals surface area contributed by atoms with Gasteiger partial charge in [-0.3, -0.25) is 0 Å². The van der Waals surface area contributed by atoms with Crippen molar-refractivity contribution >= 4 is 22.5 Å². The summed E-state index contributed by atoms with van der Waals surface area (Å²) in [5, 5.41) is 7.96. The van der Waals surface area contributed by atoms with E-state index in [4.69, 9.17) is 16.9 Å². The van der Waals surface area contributed by atoms with E-state index in [9.17, 15) is 13.2 Å². The lowest BCUT2D eigenvalue weighted by atomic mass is 10.2. The molecule has 0 aromatic heterocycles. The normalized spacial score (nSPS) is 12.3. The summed E-state index contributed by atoms with van der Waals surface area (Å²) < 4.78 is 36.4. The fraction of sp³-hybridized carbons (Fsp3) is 0.111. The molecule has 0 spiro atoms. The van der Waals surface area contributed by atoms with Gasteiger partial charge < -0.3 is 0 Å². The van der Waals surface area contributed by atoms with Crippen molar-refractivity contribution in [1.82, 2.24) is 0 Å². The molecule has 0 fully saturated rings. The van der Waals surface area contributed by atoms with Crippen molar-refractivity contribution in [1.29, 1.82) is 5.26 Å². The monoisotopic (exact) mass is 232 g/mol. The lowest BCUT2D eigenvalue weighted by molar-refractivity contribution is -0.137. The van der Waals surface area contributed by atoms with Crippen LogP contribution < -0.4 is 0 Å². The molecule has 0 saturated carbocycles. The summed E-state index contributed by atoms with van der Waals surface area (Å²) in [5.41, 5.74) is -0.566. The van der Waals surface area contributed by atoms with Crippen molar-refractivity contribution in [3.63, 3.8) is 0 Å². The standard InChI is InChI=1S/C9H4ClF3N2/c10-8(5-14)15-7-3-1-6(2-4-7)9(11,12)13/h1-4H/b15-8-. The Hall–Kier alpha value is -1.54. The number of nitriles is 1. The third-order valence-electron chi connectivity index (χ3n) is 1.51. The minimum absolute atomic E-state index is 0.203. The predicted octanol–water partition coefficient (Wildman–Crippen LogP) is 3.50. The highest BCUT2D eigenvalue weighted by atomic mass is 35.5. The van der Waals surface area contributed by atoms with Gasteiger partial charge in [-0.05, 0) is 24.3 Å². The average molecular weight is 233 g/mol. The maximum Gasteiger partial charge on any atom is 0.416 e. The average Bonchev–Trinajstić information content (AvgIpc) is 2.17. The molecule has 15 heavy (non-hydrogen) atoms. The van der Waals surface area contributed by atoms with Gasteiger partial charge in [0.2, 0.25) is 5.17 Å². The zero-order valence-electron chi connectivity index (χ0n) is 7.22. The summed E-state index contributed by atoms with van der Waals surface area (Å²) in [6, 6.07) is 5.59. The Morgan fingerprint density at radius 2 is 1.80 bits per heavy atom. The molecule has 0 saturated heterocycles. The summed E-state index contributed by atoms with van der Waals surface area (Å²) >= 11 is 5.30. The van der Waals surface area contributed by atoms with Gasteiger partial charge in [-0.15, -0.1) is 0 Å². The molecule has 6 heteroatoms. The molecule has 0 aliphatic carbocycles. The predicted molar refractivity (Wildman–Crippen MR) is 50.0 cm³/mol. The zero-order valence-corrected chi connectivity index (χ0v) is 7.97. The number of hydrogen-bond donors (Lipinski definition) is 0. The Kier molecular flexibility index (Phi) is 3.32. The molecule has 0 aliphatic heterocycles. The van der Waals surface area contributed by atoms with Gasteiger partial charge >= 0.3 is 6.18 Å². The van der Waals surface area contributed by atoms with Gasteiger partial charge in [0, 0.05) is 0 Å². The molecular weight excluding hydrogens is 229 g/mol. The molecule has 0 N–H and O–H groups in total. The maximum atomic E-state index is 12.1. The molecule has 1 rings (SSSR count). The highest BCUT2D eigenvalue weighted by molar-refractivity contribution is 6.69. The van der Waals surface area contributed by atoms with Gasteiger partial charge in [0.1, 0.15) is 6.07 Å². The molecule has 0 aliphatic rings. The van der Waals surface area contributed by atoms with Gasteiger partial charge in [0.25, 0.3) is 0 Å². The first-order valence-electron chi connectivity index (χ1n) is 3.75. The van der Waals surface area contributed by atoms with Crippen LogP contribution in [0.3, 0.4) is 0 Å². The molecule has 1 aromatic rings. The zero-order chi connectivity index (χ0) is 11.5. The summed E-state index contributed by atoms with van der Waals surface area (Å²) in [6.45, 7) is 0. The van der Waals surface area contributed by atoms with Crippen LogP contribution in [0.2, 0.25) is 0 Å². The van der Waals surface area contributed by atoms with Gasteiger partial charge in [0.15, 0.2) is 0 Å². The quantitative estimate of drug-likeness (QED) is 0.683. The number of hydrogen-bond acceptors (Lipinski definition) is 2. The molecule has 0 atom stereocenters. The van der Waals surface area contributed by atoms with E-state index >= 15 is 0 Å². The number of rotatable bonds is 1. The molecule has 0 heterocycles. The van der Waals surface area contributed by atoms with Crippen molar-refractivity contribution in [2.45, 2.75) is 6.18 Å². The Balaban J connectivity index is 2.97. The number of halogens is 4. The number of alkyl halides is 3. The van der Waals surface area contributed by atoms with E-state index in [2.05, 4.69) is 4.99 Å². The van der Waals surface area contributed by atoms with Crippen molar-refractivity contribution in [2.24, 2.45) is 4.99 Å². The van der Waals surface area contributed by atoms with Gasteiger partial charge in [-0.25, -0.2) is 4.99 Å². The Morgan fingerprint density at radius 1 is 1.27 bits per heavy atom. The minimum atomic E-state index is -4.37. The maximum absolute atomic E-state index is 12.1. The molecule has 2 nitrogen and oxygen atoms in total. The topological polar surface area (TPSA) is 36.1 Å². The van der Waals surface area contributed by atoms with Crippen LogP contribution in [0.15, 0.2) is 29.3 Å². The van der Waals surface area contributed by atoms with Crippen LogP contribution in [-0.2, 0) is 6.18 Å². The molecular formula is C9H4ClF3N2. The van der Waals surface area contributed by atoms with E-state index in [1.807, 2.05) is 0 Å². The number of benzene rings is 1. The van der Waals surface area contributed by atoms with E-state index in [0.717, 1.165) is 24.3 Å². The summed E-state index contributed by atoms with van der Waals surface area (Å²) in [6.07, 6.45) is -4.37. The van der Waals surface area contributed by atoms with Crippen LogP contribution in [0.5, 0.6) is 0 Å². The first-order valence-corrected chi connectivity index (χ1v) is 4.13. The fourth-order valence-corrected chi connectivity index (χ4v) is 0.961. The molecule has 78 valence electrons. The van der Waals surface area contributed by atoms with Gasteiger partial charge in [-0.2, -0.15) is 18.4 Å². The molecule has 0 bridgehead atoms. The summed E-state index contributed by atoms with van der Waals surface area (Å²) in [7, 11) is 0. The van der Waals surface area contributed by atoms with E-state index in [0.29, 0.717) is 0 Å². The van der Waals surface area contributed by atoms with Gasteiger partial charge in [-0.1, -0.05) is 11.6 Å². The highest BCUT2D eigenvalue weighted by Gasteiger charge is 2.29. The van der Waals surface area contributed by atoms with Crippen LogP contribution in [0.25, 0.3) is 0 Å². The molecule has 1 aromatic carbocycles. The van der Waals surface area contributed by atoms with Crippen LogP contribution in [0, 0.1) is 11.3 Å². The van der Waals surface area contributed by atoms with Crippen molar-refractivity contribution in [3.05, 3.63) is 29.8 Å². The van der Waals surface area contributed by atoms with E-state index in [1.165, 1.54) is 0 Å². The minimum Gasteiger partial charge on any atom is -0.226 e. The fourth-order valence-electron chi connectivity index (χ4n) is 0.863.